The number of hydrogen-bond acceptors (Lipinski definition) is 3. The van der Waals surface area contributed by atoms with Crippen LogP contribution in [0.3, 0.4) is 0 Å². The van der Waals surface area contributed by atoms with Crippen LogP contribution in [0.4, 0.5) is 0 Å². The minimum Gasteiger partial charge on any atom is -0.335 e. The molecule has 0 spiro atoms. The average Bonchev–Trinajstić information content (AvgIpc) is 2.86. The molecule has 1 aromatic heterocycles. The van der Waals surface area contributed by atoms with Crippen LogP contribution in [0.15, 0.2) is 29.6 Å². The van der Waals surface area contributed by atoms with E-state index in [0.717, 1.165) is 24.9 Å². The van der Waals surface area contributed by atoms with Crippen LogP contribution in [0, 0.1) is 0 Å². The van der Waals surface area contributed by atoms with Crippen LogP contribution in [0.25, 0.3) is 10.4 Å². The Morgan fingerprint density at radius 2 is 2.59 bits per heavy atom. The lowest BCUT2D eigenvalue weighted by molar-refractivity contribution is -0.130. The van der Waals surface area contributed by atoms with Crippen LogP contribution in [0.5, 0.6) is 0 Å². The van der Waals surface area contributed by atoms with Gasteiger partial charge in [-0.1, -0.05) is 11.2 Å². The second kappa shape index (κ2) is 5.32. The Bertz CT molecular complexity index is 440. The molecule has 1 aliphatic rings. The Hall–Kier alpha value is -2.07. The van der Waals surface area contributed by atoms with Crippen molar-refractivity contribution in [1.29, 1.82) is 0 Å². The first-order valence-corrected chi connectivity index (χ1v) is 5.53. The first-order valence-electron chi connectivity index (χ1n) is 5.53. The van der Waals surface area contributed by atoms with E-state index in [-0.39, 0.29) is 18.5 Å². The van der Waals surface area contributed by atoms with E-state index in [9.17, 15) is 4.79 Å². The lowest BCUT2D eigenvalue weighted by atomic mass is 10.1. The Balaban J connectivity index is 2.12. The molecule has 0 aromatic carbocycles. The summed E-state index contributed by atoms with van der Waals surface area (Å²) in [6, 6.07) is 3.91. The molecule has 88 valence electrons. The molecule has 2 heterocycles. The maximum Gasteiger partial charge on any atom is 0.228 e. The molecule has 0 radical (unpaired) electrons. The van der Waals surface area contributed by atoms with E-state index in [1.165, 1.54) is 0 Å². The quantitative estimate of drug-likeness (QED) is 0.453. The summed E-state index contributed by atoms with van der Waals surface area (Å²) in [5.41, 5.74) is 9.26. The molecule has 0 aliphatic carbocycles. The van der Waals surface area contributed by atoms with E-state index >= 15 is 0 Å². The highest BCUT2D eigenvalue weighted by Gasteiger charge is 2.29. The standard InChI is InChI=1S/C11H13N5O/c12-15-14-8-11(17)16-6-2-4-10(16)9-3-1-5-13-7-9/h1,3,5,7,10H,2,4,6,8H2. The Labute approximate surface area is 98.9 Å². The zero-order chi connectivity index (χ0) is 12.1. The molecule has 1 fully saturated rings. The van der Waals surface area contributed by atoms with Crippen molar-refractivity contribution in [2.24, 2.45) is 5.11 Å². The van der Waals surface area contributed by atoms with E-state index < -0.39 is 0 Å². The molecule has 1 amide bonds. The maximum absolute atomic E-state index is 11.8. The molecule has 6 nitrogen and oxygen atoms in total. The molecule has 0 bridgehead atoms. The molecule has 1 aliphatic heterocycles. The fourth-order valence-electron chi connectivity index (χ4n) is 2.17. The summed E-state index contributed by atoms with van der Waals surface area (Å²) in [5.74, 6) is -0.117. The number of nitrogens with zero attached hydrogens (tertiary/aromatic N) is 5. The summed E-state index contributed by atoms with van der Waals surface area (Å²) in [4.78, 5) is 20.3. The van der Waals surface area contributed by atoms with E-state index in [1.54, 1.807) is 17.3 Å². The van der Waals surface area contributed by atoms with Crippen molar-refractivity contribution in [2.45, 2.75) is 18.9 Å². The van der Waals surface area contributed by atoms with Gasteiger partial charge in [-0.05, 0) is 30.0 Å². The molecule has 1 atom stereocenters. The highest BCUT2D eigenvalue weighted by molar-refractivity contribution is 5.79. The number of carbonyl (C=O) groups excluding carboxylic acids is 1. The van der Waals surface area contributed by atoms with Crippen LogP contribution in [-0.4, -0.2) is 28.9 Å². The van der Waals surface area contributed by atoms with E-state index in [2.05, 4.69) is 15.0 Å². The largest absolute Gasteiger partial charge is 0.335 e. The first kappa shape index (κ1) is 11.4. The van der Waals surface area contributed by atoms with Crippen molar-refractivity contribution in [2.75, 3.05) is 13.1 Å². The molecule has 0 N–H and O–H groups in total. The van der Waals surface area contributed by atoms with Crippen molar-refractivity contribution in [3.63, 3.8) is 0 Å². The molecule has 17 heavy (non-hydrogen) atoms. The molecule has 1 unspecified atom stereocenters. The zero-order valence-corrected chi connectivity index (χ0v) is 9.36. The Morgan fingerprint density at radius 1 is 1.71 bits per heavy atom. The lowest BCUT2D eigenvalue weighted by Crippen LogP contribution is -2.32. The van der Waals surface area contributed by atoms with Gasteiger partial charge in [-0.2, -0.15) is 0 Å². The van der Waals surface area contributed by atoms with Crippen molar-refractivity contribution in [3.05, 3.63) is 40.5 Å². The maximum atomic E-state index is 11.8. The monoisotopic (exact) mass is 231 g/mol. The van der Waals surface area contributed by atoms with Gasteiger partial charge in [0.05, 0.1) is 6.04 Å². The minimum atomic E-state index is -0.117. The number of likely N-dealkylation sites (tertiary alicyclic amines) is 1. The predicted octanol–water partition coefficient (Wildman–Crippen LogP) is 2.06. The number of azide groups is 1. The average molecular weight is 231 g/mol. The van der Waals surface area contributed by atoms with Gasteiger partial charge in [0.15, 0.2) is 0 Å². The second-order valence-electron chi connectivity index (χ2n) is 3.92. The van der Waals surface area contributed by atoms with Gasteiger partial charge in [-0.15, -0.1) is 0 Å². The number of rotatable bonds is 3. The third-order valence-electron chi connectivity index (χ3n) is 2.91. The minimum absolute atomic E-state index is 0.0742. The van der Waals surface area contributed by atoms with Gasteiger partial charge >= 0.3 is 0 Å². The van der Waals surface area contributed by atoms with E-state index in [4.69, 9.17) is 5.53 Å². The van der Waals surface area contributed by atoms with Crippen LogP contribution in [-0.2, 0) is 4.79 Å². The SMILES string of the molecule is [N-]=[N+]=NCC(=O)N1CCCC1c1cccnc1. The highest BCUT2D eigenvalue weighted by Crippen LogP contribution is 2.31. The number of carbonyl (C=O) groups is 1. The summed E-state index contributed by atoms with van der Waals surface area (Å²) < 4.78 is 0. The van der Waals surface area contributed by atoms with Crippen LogP contribution in [0.2, 0.25) is 0 Å². The fourth-order valence-corrected chi connectivity index (χ4v) is 2.17. The fraction of sp³-hybridized carbons (Fsp3) is 0.455. The van der Waals surface area contributed by atoms with Gasteiger partial charge in [-0.25, -0.2) is 0 Å². The number of amides is 1. The van der Waals surface area contributed by atoms with Gasteiger partial charge in [-0.3, -0.25) is 9.78 Å². The molecule has 1 aromatic rings. The van der Waals surface area contributed by atoms with Gasteiger partial charge < -0.3 is 4.90 Å². The molecular weight excluding hydrogens is 218 g/mol. The summed E-state index contributed by atoms with van der Waals surface area (Å²) >= 11 is 0. The first-order chi connectivity index (χ1) is 8.33. The van der Waals surface area contributed by atoms with Crippen molar-refractivity contribution in [1.82, 2.24) is 9.88 Å². The number of pyridine rings is 1. The van der Waals surface area contributed by atoms with Gasteiger partial charge in [0.1, 0.15) is 6.54 Å². The van der Waals surface area contributed by atoms with Gasteiger partial charge in [0.25, 0.3) is 0 Å². The third kappa shape index (κ3) is 2.54. The highest BCUT2D eigenvalue weighted by atomic mass is 16.2. The zero-order valence-electron chi connectivity index (χ0n) is 9.36. The molecule has 1 saturated heterocycles. The van der Waals surface area contributed by atoms with E-state index in [1.807, 2.05) is 12.1 Å². The van der Waals surface area contributed by atoms with E-state index in [0.29, 0.717) is 0 Å². The number of aromatic nitrogens is 1. The second-order valence-corrected chi connectivity index (χ2v) is 3.92. The van der Waals surface area contributed by atoms with Crippen molar-refractivity contribution >= 4 is 5.91 Å². The van der Waals surface area contributed by atoms with Crippen LogP contribution < -0.4 is 0 Å². The molecule has 0 saturated carbocycles. The number of hydrogen-bond donors (Lipinski definition) is 0. The van der Waals surface area contributed by atoms with Gasteiger partial charge in [0, 0.05) is 23.9 Å². The van der Waals surface area contributed by atoms with Gasteiger partial charge in [0.2, 0.25) is 5.91 Å². The summed E-state index contributed by atoms with van der Waals surface area (Å²) in [5, 5.41) is 3.32. The summed E-state index contributed by atoms with van der Waals surface area (Å²) in [6.07, 6.45) is 5.41. The smallest absolute Gasteiger partial charge is 0.228 e. The molecule has 6 heteroatoms. The van der Waals surface area contributed by atoms with Crippen molar-refractivity contribution in [3.8, 4) is 0 Å². The summed E-state index contributed by atoms with van der Waals surface area (Å²) in [7, 11) is 0. The summed E-state index contributed by atoms with van der Waals surface area (Å²) in [6.45, 7) is 0.618. The normalized spacial score (nSPS) is 18.8. The Morgan fingerprint density at radius 3 is 3.29 bits per heavy atom. The molecular formula is C11H13N5O. The van der Waals surface area contributed by atoms with Crippen LogP contribution >= 0.6 is 0 Å². The van der Waals surface area contributed by atoms with Crippen molar-refractivity contribution < 1.29 is 4.79 Å². The Kier molecular flexibility index (Phi) is 3.57. The lowest BCUT2D eigenvalue weighted by Gasteiger charge is -2.24. The topological polar surface area (TPSA) is 82.0 Å². The van der Waals surface area contributed by atoms with Crippen LogP contribution in [0.1, 0.15) is 24.4 Å². The third-order valence-corrected chi connectivity index (χ3v) is 2.91. The molecule has 2 rings (SSSR count). The predicted molar refractivity (Wildman–Crippen MR) is 61.9 cm³/mol.